The number of carbonyl (C=O) groups excluding carboxylic acids is 2. The van der Waals surface area contributed by atoms with Gasteiger partial charge < -0.3 is 20.5 Å². The third-order valence-corrected chi connectivity index (χ3v) is 6.16. The number of rotatable bonds is 12. The summed E-state index contributed by atoms with van der Waals surface area (Å²) in [4.78, 5) is 36.2. The largest absolute Gasteiger partial charge is 0.481 e. The molecule has 3 N–H and O–H groups in total. The van der Waals surface area contributed by atoms with Gasteiger partial charge >= 0.3 is 12.1 Å². The Labute approximate surface area is 200 Å². The highest BCUT2D eigenvalue weighted by Crippen LogP contribution is 2.44. The number of alkyl carbamates (subject to hydrolysis) is 1. The molecule has 1 aliphatic rings. The van der Waals surface area contributed by atoms with E-state index in [2.05, 4.69) is 34.9 Å². The molecule has 0 aliphatic heterocycles. The van der Waals surface area contributed by atoms with Crippen molar-refractivity contribution >= 4 is 18.0 Å². The summed E-state index contributed by atoms with van der Waals surface area (Å²) in [7, 11) is 0. The first-order valence-electron chi connectivity index (χ1n) is 12.1. The number of benzene rings is 2. The quantitative estimate of drug-likeness (QED) is 0.415. The molecule has 0 heterocycles. The van der Waals surface area contributed by atoms with Gasteiger partial charge in [0.15, 0.2) is 0 Å². The SMILES string of the molecule is CCCC(CC(=O)O)NC(=O)C[C@H](CCC)NC(=O)OCC1c2ccccc2-c2ccccc21. The first kappa shape index (κ1) is 25.3. The number of fused-ring (bicyclic) bond motifs is 3. The summed E-state index contributed by atoms with van der Waals surface area (Å²) >= 11 is 0. The maximum atomic E-state index is 12.6. The third kappa shape index (κ3) is 6.59. The molecular formula is C27H34N2O5. The molecule has 7 nitrogen and oxygen atoms in total. The minimum Gasteiger partial charge on any atom is -0.481 e. The second kappa shape index (κ2) is 12.2. The highest BCUT2D eigenvalue weighted by atomic mass is 16.5. The Bertz CT molecular complexity index is 961. The zero-order chi connectivity index (χ0) is 24.5. The number of ether oxygens (including phenoxy) is 1. The molecule has 34 heavy (non-hydrogen) atoms. The third-order valence-electron chi connectivity index (χ3n) is 6.16. The maximum absolute atomic E-state index is 12.6. The van der Waals surface area contributed by atoms with Crippen molar-refractivity contribution in [3.8, 4) is 11.1 Å². The fourth-order valence-corrected chi connectivity index (χ4v) is 4.68. The van der Waals surface area contributed by atoms with Crippen LogP contribution in [0.25, 0.3) is 11.1 Å². The highest BCUT2D eigenvalue weighted by Gasteiger charge is 2.29. The van der Waals surface area contributed by atoms with Crippen LogP contribution >= 0.6 is 0 Å². The summed E-state index contributed by atoms with van der Waals surface area (Å²) in [6, 6.07) is 15.5. The lowest BCUT2D eigenvalue weighted by Crippen LogP contribution is -2.42. The Kier molecular flexibility index (Phi) is 9.08. The van der Waals surface area contributed by atoms with E-state index in [9.17, 15) is 14.4 Å². The normalized spacial score (nSPS) is 13.9. The van der Waals surface area contributed by atoms with Gasteiger partial charge in [-0.25, -0.2) is 4.79 Å². The van der Waals surface area contributed by atoms with E-state index in [1.165, 1.54) is 0 Å². The van der Waals surface area contributed by atoms with Crippen LogP contribution in [-0.2, 0) is 14.3 Å². The Morgan fingerprint density at radius 2 is 1.38 bits per heavy atom. The number of hydrogen-bond donors (Lipinski definition) is 3. The molecule has 0 aromatic heterocycles. The van der Waals surface area contributed by atoms with Gasteiger partial charge in [0.1, 0.15) is 6.61 Å². The molecule has 7 heteroatoms. The first-order chi connectivity index (χ1) is 16.4. The van der Waals surface area contributed by atoms with Crippen molar-refractivity contribution in [3.05, 3.63) is 59.7 Å². The van der Waals surface area contributed by atoms with Crippen molar-refractivity contribution < 1.29 is 24.2 Å². The van der Waals surface area contributed by atoms with Gasteiger partial charge in [0.05, 0.1) is 6.42 Å². The molecule has 0 radical (unpaired) electrons. The fourth-order valence-electron chi connectivity index (χ4n) is 4.68. The lowest BCUT2D eigenvalue weighted by Gasteiger charge is -2.21. The predicted molar refractivity (Wildman–Crippen MR) is 131 cm³/mol. The van der Waals surface area contributed by atoms with Crippen molar-refractivity contribution in [1.29, 1.82) is 0 Å². The summed E-state index contributed by atoms with van der Waals surface area (Å²) in [5.41, 5.74) is 4.61. The minimum absolute atomic E-state index is 0.0307. The Balaban J connectivity index is 1.57. The molecule has 0 spiro atoms. The number of nitrogens with one attached hydrogen (secondary N) is 2. The van der Waals surface area contributed by atoms with E-state index in [0.717, 1.165) is 35.1 Å². The molecule has 182 valence electrons. The molecule has 0 saturated heterocycles. The molecule has 2 aromatic rings. The van der Waals surface area contributed by atoms with E-state index < -0.39 is 18.1 Å². The molecule has 0 bridgehead atoms. The lowest BCUT2D eigenvalue weighted by molar-refractivity contribution is -0.137. The second-order valence-corrected chi connectivity index (χ2v) is 8.81. The molecule has 3 rings (SSSR count). The number of carboxylic acid groups (broad SMARTS) is 1. The lowest BCUT2D eigenvalue weighted by atomic mass is 9.98. The number of amides is 2. The van der Waals surface area contributed by atoms with Crippen LogP contribution in [0.3, 0.4) is 0 Å². The van der Waals surface area contributed by atoms with Gasteiger partial charge in [0.2, 0.25) is 5.91 Å². The van der Waals surface area contributed by atoms with Crippen LogP contribution in [0.5, 0.6) is 0 Å². The first-order valence-corrected chi connectivity index (χ1v) is 12.1. The molecule has 2 atom stereocenters. The predicted octanol–water partition coefficient (Wildman–Crippen LogP) is 4.84. The Hall–Kier alpha value is -3.35. The van der Waals surface area contributed by atoms with E-state index >= 15 is 0 Å². The van der Waals surface area contributed by atoms with Crippen molar-refractivity contribution in [2.45, 2.75) is 70.4 Å². The molecule has 0 saturated carbocycles. The van der Waals surface area contributed by atoms with Crippen molar-refractivity contribution in [3.63, 3.8) is 0 Å². The molecule has 1 unspecified atom stereocenters. The number of aliphatic carboxylic acids is 1. The van der Waals surface area contributed by atoms with Gasteiger partial charge in [-0.15, -0.1) is 0 Å². The van der Waals surface area contributed by atoms with Crippen molar-refractivity contribution in [1.82, 2.24) is 10.6 Å². The van der Waals surface area contributed by atoms with E-state index in [-0.39, 0.29) is 37.3 Å². The Morgan fingerprint density at radius 3 is 1.91 bits per heavy atom. The Morgan fingerprint density at radius 1 is 0.853 bits per heavy atom. The molecule has 2 amide bonds. The summed E-state index contributed by atoms with van der Waals surface area (Å²) in [5, 5.41) is 14.7. The number of carbonyl (C=O) groups is 3. The van der Waals surface area contributed by atoms with Crippen molar-refractivity contribution in [2.75, 3.05) is 6.61 Å². The van der Waals surface area contributed by atoms with Crippen LogP contribution in [0, 0.1) is 0 Å². The zero-order valence-electron chi connectivity index (χ0n) is 19.9. The summed E-state index contributed by atoms with van der Waals surface area (Å²) in [5.74, 6) is -1.24. The molecular weight excluding hydrogens is 432 g/mol. The zero-order valence-corrected chi connectivity index (χ0v) is 19.9. The van der Waals surface area contributed by atoms with Gasteiger partial charge in [0, 0.05) is 24.4 Å². The van der Waals surface area contributed by atoms with Crippen LogP contribution in [0.15, 0.2) is 48.5 Å². The van der Waals surface area contributed by atoms with Gasteiger partial charge in [-0.3, -0.25) is 9.59 Å². The van der Waals surface area contributed by atoms with E-state index in [0.29, 0.717) is 12.8 Å². The van der Waals surface area contributed by atoms with E-state index in [1.807, 2.05) is 38.1 Å². The smallest absolute Gasteiger partial charge is 0.407 e. The highest BCUT2D eigenvalue weighted by molar-refractivity contribution is 5.80. The maximum Gasteiger partial charge on any atom is 0.407 e. The van der Waals surface area contributed by atoms with Gasteiger partial charge in [0.25, 0.3) is 0 Å². The summed E-state index contributed by atoms with van der Waals surface area (Å²) < 4.78 is 5.61. The summed E-state index contributed by atoms with van der Waals surface area (Å²) in [6.45, 7) is 4.14. The average molecular weight is 467 g/mol. The topological polar surface area (TPSA) is 105 Å². The van der Waals surface area contributed by atoms with Crippen LogP contribution in [-0.4, -0.2) is 41.8 Å². The average Bonchev–Trinajstić information content (AvgIpc) is 3.11. The van der Waals surface area contributed by atoms with Crippen molar-refractivity contribution in [2.24, 2.45) is 0 Å². The summed E-state index contributed by atoms with van der Waals surface area (Å²) in [6.07, 6.45) is 2.19. The van der Waals surface area contributed by atoms with Gasteiger partial charge in [-0.2, -0.15) is 0 Å². The van der Waals surface area contributed by atoms with Crippen LogP contribution in [0.2, 0.25) is 0 Å². The van der Waals surface area contributed by atoms with Gasteiger partial charge in [-0.05, 0) is 35.1 Å². The number of hydrogen-bond acceptors (Lipinski definition) is 4. The molecule has 1 aliphatic carbocycles. The number of carboxylic acids is 1. The van der Waals surface area contributed by atoms with Crippen LogP contribution in [0.1, 0.15) is 69.4 Å². The molecule has 2 aromatic carbocycles. The standard InChI is InChI=1S/C27H34N2O5/c1-3-9-18(15-25(30)28-19(10-4-2)16-26(31)32)29-27(33)34-17-24-22-13-7-5-11-20(22)21-12-6-8-14-23(21)24/h5-8,11-14,18-19,24H,3-4,9-10,15-17H2,1-2H3,(H,28,30)(H,29,33)(H,31,32)/t18-,19?/m0/s1. The van der Waals surface area contributed by atoms with Gasteiger partial charge in [-0.1, -0.05) is 75.2 Å². The minimum atomic E-state index is -0.944. The van der Waals surface area contributed by atoms with Crippen LogP contribution < -0.4 is 10.6 Å². The van der Waals surface area contributed by atoms with Crippen LogP contribution in [0.4, 0.5) is 4.79 Å². The monoisotopic (exact) mass is 466 g/mol. The van der Waals surface area contributed by atoms with E-state index in [1.54, 1.807) is 0 Å². The fraction of sp³-hybridized carbons (Fsp3) is 0.444. The second-order valence-electron chi connectivity index (χ2n) is 8.81. The molecule has 0 fully saturated rings. The van der Waals surface area contributed by atoms with E-state index in [4.69, 9.17) is 9.84 Å².